The van der Waals surface area contributed by atoms with E-state index in [4.69, 9.17) is 0 Å². The molecule has 5 heteroatoms. The van der Waals surface area contributed by atoms with Gasteiger partial charge in [0.25, 0.3) is 0 Å². The molecule has 1 aromatic heterocycles. The van der Waals surface area contributed by atoms with Crippen LogP contribution < -0.4 is 10.6 Å². The number of thiazole rings is 1. The standard InChI is InChI=1S/C11H19N3OS/c1-4-12-6-5-10(15)14-11-13-9(7-16-11)8(2)3/h7-8,12H,4-6H2,1-3H3,(H,13,14,15). The van der Waals surface area contributed by atoms with Gasteiger partial charge in [-0.1, -0.05) is 20.8 Å². The molecule has 0 atom stereocenters. The quantitative estimate of drug-likeness (QED) is 0.751. The minimum Gasteiger partial charge on any atom is -0.316 e. The topological polar surface area (TPSA) is 54.0 Å². The van der Waals surface area contributed by atoms with Gasteiger partial charge in [-0.3, -0.25) is 4.79 Å². The molecule has 0 aliphatic rings. The van der Waals surface area contributed by atoms with Crippen LogP contribution in [0.3, 0.4) is 0 Å². The summed E-state index contributed by atoms with van der Waals surface area (Å²) in [5, 5.41) is 8.60. The Hall–Kier alpha value is -0.940. The van der Waals surface area contributed by atoms with Crippen molar-refractivity contribution in [1.29, 1.82) is 0 Å². The molecule has 0 saturated heterocycles. The van der Waals surface area contributed by atoms with Crippen molar-refractivity contribution in [1.82, 2.24) is 10.3 Å². The molecule has 90 valence electrons. The van der Waals surface area contributed by atoms with Crippen LogP contribution in [0.2, 0.25) is 0 Å². The second-order valence-electron chi connectivity index (χ2n) is 3.88. The van der Waals surface area contributed by atoms with Crippen molar-refractivity contribution < 1.29 is 4.79 Å². The average Bonchev–Trinajstić information content (AvgIpc) is 2.66. The number of rotatable bonds is 6. The van der Waals surface area contributed by atoms with Gasteiger partial charge in [-0.25, -0.2) is 4.98 Å². The van der Waals surface area contributed by atoms with E-state index in [2.05, 4.69) is 29.5 Å². The first kappa shape index (κ1) is 13.1. The van der Waals surface area contributed by atoms with Crippen LogP contribution in [0.1, 0.15) is 38.8 Å². The van der Waals surface area contributed by atoms with Gasteiger partial charge in [0.15, 0.2) is 5.13 Å². The molecule has 0 saturated carbocycles. The molecule has 0 radical (unpaired) electrons. The Labute approximate surface area is 100 Å². The Kier molecular flexibility index (Phi) is 5.42. The fraction of sp³-hybridized carbons (Fsp3) is 0.636. The molecular weight excluding hydrogens is 222 g/mol. The monoisotopic (exact) mass is 241 g/mol. The van der Waals surface area contributed by atoms with Gasteiger partial charge in [-0.2, -0.15) is 0 Å². The average molecular weight is 241 g/mol. The largest absolute Gasteiger partial charge is 0.316 e. The lowest BCUT2D eigenvalue weighted by Gasteiger charge is -2.02. The van der Waals surface area contributed by atoms with Crippen LogP contribution in [-0.2, 0) is 4.79 Å². The third-order valence-corrected chi connectivity index (χ3v) is 2.91. The molecule has 0 aliphatic carbocycles. The summed E-state index contributed by atoms with van der Waals surface area (Å²) in [5.74, 6) is 0.425. The van der Waals surface area contributed by atoms with Gasteiger partial charge in [0.1, 0.15) is 0 Å². The van der Waals surface area contributed by atoms with Gasteiger partial charge < -0.3 is 10.6 Å². The Bertz CT molecular complexity index is 336. The lowest BCUT2D eigenvalue weighted by Crippen LogP contribution is -2.21. The fourth-order valence-corrected chi connectivity index (χ4v) is 2.06. The van der Waals surface area contributed by atoms with Crippen LogP contribution in [0.5, 0.6) is 0 Å². The Morgan fingerprint density at radius 1 is 1.56 bits per heavy atom. The Morgan fingerprint density at radius 2 is 2.31 bits per heavy atom. The summed E-state index contributed by atoms with van der Waals surface area (Å²) in [7, 11) is 0. The van der Waals surface area contributed by atoms with Crippen molar-refractivity contribution in [2.75, 3.05) is 18.4 Å². The first-order chi connectivity index (χ1) is 7.63. The smallest absolute Gasteiger partial charge is 0.227 e. The summed E-state index contributed by atoms with van der Waals surface area (Å²) >= 11 is 1.48. The Balaban J connectivity index is 2.37. The summed E-state index contributed by atoms with van der Waals surface area (Å²) in [4.78, 5) is 15.8. The third kappa shape index (κ3) is 4.28. The van der Waals surface area contributed by atoms with Gasteiger partial charge in [0.2, 0.25) is 5.91 Å². The number of nitrogens with zero attached hydrogens (tertiary/aromatic N) is 1. The van der Waals surface area contributed by atoms with E-state index >= 15 is 0 Å². The van der Waals surface area contributed by atoms with Gasteiger partial charge in [0.05, 0.1) is 5.69 Å². The molecule has 1 rings (SSSR count). The number of carbonyl (C=O) groups is 1. The van der Waals surface area contributed by atoms with Crippen LogP contribution >= 0.6 is 11.3 Å². The van der Waals surface area contributed by atoms with E-state index in [1.807, 2.05) is 12.3 Å². The van der Waals surface area contributed by atoms with E-state index in [9.17, 15) is 4.79 Å². The molecule has 0 fully saturated rings. The van der Waals surface area contributed by atoms with E-state index in [1.165, 1.54) is 11.3 Å². The zero-order chi connectivity index (χ0) is 12.0. The highest BCUT2D eigenvalue weighted by Crippen LogP contribution is 2.21. The molecule has 16 heavy (non-hydrogen) atoms. The van der Waals surface area contributed by atoms with Crippen molar-refractivity contribution in [3.05, 3.63) is 11.1 Å². The molecule has 0 unspecified atom stereocenters. The molecule has 1 heterocycles. The summed E-state index contributed by atoms with van der Waals surface area (Å²) in [5.41, 5.74) is 1.03. The zero-order valence-electron chi connectivity index (χ0n) is 10.0. The number of anilines is 1. The van der Waals surface area contributed by atoms with Gasteiger partial charge in [-0.15, -0.1) is 11.3 Å². The highest BCUT2D eigenvalue weighted by Gasteiger charge is 2.08. The number of hydrogen-bond donors (Lipinski definition) is 2. The first-order valence-electron chi connectivity index (χ1n) is 5.59. The molecule has 4 nitrogen and oxygen atoms in total. The van der Waals surface area contributed by atoms with Crippen molar-refractivity contribution >= 4 is 22.4 Å². The molecular formula is C11H19N3OS. The molecule has 0 aliphatic heterocycles. The lowest BCUT2D eigenvalue weighted by atomic mass is 10.2. The number of aromatic nitrogens is 1. The van der Waals surface area contributed by atoms with Crippen LogP contribution in [0.15, 0.2) is 5.38 Å². The number of nitrogens with one attached hydrogen (secondary N) is 2. The minimum absolute atomic E-state index is 0.0191. The summed E-state index contributed by atoms with van der Waals surface area (Å²) in [6.07, 6.45) is 0.491. The maximum absolute atomic E-state index is 11.5. The summed E-state index contributed by atoms with van der Waals surface area (Å²) in [6.45, 7) is 7.80. The molecule has 0 aromatic carbocycles. The Morgan fingerprint density at radius 3 is 2.88 bits per heavy atom. The fourth-order valence-electron chi connectivity index (χ4n) is 1.17. The maximum atomic E-state index is 11.5. The highest BCUT2D eigenvalue weighted by molar-refractivity contribution is 7.13. The van der Waals surface area contributed by atoms with Crippen LogP contribution in [0.25, 0.3) is 0 Å². The summed E-state index contributed by atoms with van der Waals surface area (Å²) < 4.78 is 0. The predicted octanol–water partition coefficient (Wildman–Crippen LogP) is 2.20. The SMILES string of the molecule is CCNCCC(=O)Nc1nc(C(C)C)cs1. The zero-order valence-corrected chi connectivity index (χ0v) is 10.9. The molecule has 0 spiro atoms. The predicted molar refractivity (Wildman–Crippen MR) is 68.0 cm³/mol. The van der Waals surface area contributed by atoms with Crippen LogP contribution in [0, 0.1) is 0 Å². The van der Waals surface area contributed by atoms with E-state index in [0.29, 0.717) is 24.0 Å². The second-order valence-corrected chi connectivity index (χ2v) is 4.74. The summed E-state index contributed by atoms with van der Waals surface area (Å²) in [6, 6.07) is 0. The number of hydrogen-bond acceptors (Lipinski definition) is 4. The van der Waals surface area contributed by atoms with Crippen molar-refractivity contribution in [3.63, 3.8) is 0 Å². The van der Waals surface area contributed by atoms with Crippen LogP contribution in [0.4, 0.5) is 5.13 Å². The van der Waals surface area contributed by atoms with Crippen molar-refractivity contribution in [2.24, 2.45) is 0 Å². The van der Waals surface area contributed by atoms with Crippen molar-refractivity contribution in [3.8, 4) is 0 Å². The first-order valence-corrected chi connectivity index (χ1v) is 6.47. The maximum Gasteiger partial charge on any atom is 0.227 e. The lowest BCUT2D eigenvalue weighted by molar-refractivity contribution is -0.116. The van der Waals surface area contributed by atoms with E-state index in [-0.39, 0.29) is 5.91 Å². The number of carbonyl (C=O) groups excluding carboxylic acids is 1. The van der Waals surface area contributed by atoms with Gasteiger partial charge in [0, 0.05) is 18.3 Å². The number of amides is 1. The van der Waals surface area contributed by atoms with E-state index in [1.54, 1.807) is 0 Å². The van der Waals surface area contributed by atoms with Crippen molar-refractivity contribution in [2.45, 2.75) is 33.1 Å². The highest BCUT2D eigenvalue weighted by atomic mass is 32.1. The van der Waals surface area contributed by atoms with E-state index < -0.39 is 0 Å². The van der Waals surface area contributed by atoms with Gasteiger partial charge >= 0.3 is 0 Å². The third-order valence-electron chi connectivity index (χ3n) is 2.14. The minimum atomic E-state index is 0.0191. The van der Waals surface area contributed by atoms with E-state index in [0.717, 1.165) is 12.2 Å². The molecule has 1 amide bonds. The van der Waals surface area contributed by atoms with Gasteiger partial charge in [-0.05, 0) is 12.5 Å². The molecule has 1 aromatic rings. The molecule has 0 bridgehead atoms. The van der Waals surface area contributed by atoms with Crippen LogP contribution in [-0.4, -0.2) is 24.0 Å². The molecule has 2 N–H and O–H groups in total. The normalized spacial score (nSPS) is 10.8. The second kappa shape index (κ2) is 6.60.